The van der Waals surface area contributed by atoms with Crippen LogP contribution < -0.4 is 16.4 Å². The van der Waals surface area contributed by atoms with Crippen LogP contribution in [-0.2, 0) is 107 Å². The van der Waals surface area contributed by atoms with Gasteiger partial charge in [-0.2, -0.15) is 0 Å². The van der Waals surface area contributed by atoms with Gasteiger partial charge in [0.25, 0.3) is 11.7 Å². The Morgan fingerprint density at radius 2 is 0.907 bits per heavy atom. The van der Waals surface area contributed by atoms with Crippen LogP contribution in [0.25, 0.3) is 33.5 Å². The van der Waals surface area contributed by atoms with Crippen molar-refractivity contribution < 1.29 is 158 Å². The molecule has 11 heterocycles. The molecule has 2 aliphatic carbocycles. The number of carbonyl (C=O) groups excluding carboxylic acids is 4. The summed E-state index contributed by atoms with van der Waals surface area (Å²) in [5.41, 5.74) is 0.395. The zero-order valence-electron chi connectivity index (χ0n) is 68.2. The predicted molar refractivity (Wildman–Crippen MR) is 392 cm³/mol. The van der Waals surface area contributed by atoms with Gasteiger partial charge < -0.3 is 103 Å². The standard InChI is InChI=1S/C28H41FN5O13P.C22H33FN5O13P.C18H24FN5O4/c1-7-30-20-19-21(32-13-31-20)34(14-33-19)23-26(6)22(45-27(47-26)10-8-9-11-27)28(29,46-23)12-40-48(37,41-15-38-24(35)43-17(2)3)42-16-39-25(36)44-18(4)5;1-12(2)39-19(30)34-10-37-42(33,38-11-35-20(31)40-13(3)4)36-7-22(6-23)17(29)21(5,32)18(41-22)28-9-27-14-15(24)25-8-26-16(14)28;1-3-20-12-11-13(22-9-21-12)24(10-23-11)15-16(2)14(18(19,8-25)27-15)26-17(28-16)6-4-5-7-17/h13-14,17-18,22-23H,7-12,15-16H2,1-6H3,(H,30,31,32);8-9,12-13,17-18,29,32H,6-7,10-11H2,1-5H3,(H2,24,25,26);9-10,14-15,25H,3-8H2,1-2H3,(H,20,21,22)/t22-,23+,26+,28+;17-,18+,21+,22+;14-,15+,16+,18+/m000/s1/i1T;;1T. The van der Waals surface area contributed by atoms with Gasteiger partial charge in [0, 0.05) is 41.5 Å². The molecule has 0 bridgehead atoms. The third-order valence-electron chi connectivity index (χ3n) is 19.2. The molecule has 7 aliphatic rings. The summed E-state index contributed by atoms with van der Waals surface area (Å²) in [6.45, 7) is 9.50. The van der Waals surface area contributed by atoms with Crippen LogP contribution in [0.3, 0.4) is 0 Å². The summed E-state index contributed by atoms with van der Waals surface area (Å²) < 4.78 is 205. The Hall–Kier alpha value is -8.26. The lowest BCUT2D eigenvalue weighted by molar-refractivity contribution is -0.278. The number of anilines is 3. The molecule has 0 amide bonds. The quantitative estimate of drug-likeness (QED) is 0.0102. The molecule has 118 heavy (non-hydrogen) atoms. The number of hydrogen-bond donors (Lipinski definition) is 6. The highest BCUT2D eigenvalue weighted by molar-refractivity contribution is 7.48. The van der Waals surface area contributed by atoms with Crippen LogP contribution in [0.1, 0.15) is 163 Å². The van der Waals surface area contributed by atoms with Gasteiger partial charge in [0.05, 0.1) is 50.0 Å². The van der Waals surface area contributed by atoms with Crippen molar-refractivity contribution in [2.24, 2.45) is 0 Å². The van der Waals surface area contributed by atoms with Crippen LogP contribution in [0.5, 0.6) is 0 Å². The van der Waals surface area contributed by atoms with E-state index in [9.17, 15) is 48.0 Å². The number of nitrogens with two attached hydrogens (primary N) is 1. The van der Waals surface area contributed by atoms with Crippen LogP contribution in [0.15, 0.2) is 38.0 Å². The second-order valence-electron chi connectivity index (χ2n) is 29.5. The number of aliphatic hydroxyl groups excluding tert-OH is 2. The first-order valence-electron chi connectivity index (χ1n) is 38.7. The first kappa shape index (κ1) is 87.6. The highest BCUT2D eigenvalue weighted by Crippen LogP contribution is 2.63. The summed E-state index contributed by atoms with van der Waals surface area (Å²) >= 11 is 0. The second-order valence-corrected chi connectivity index (χ2v) is 32.8. The molecule has 50 heteroatoms. The summed E-state index contributed by atoms with van der Waals surface area (Å²) in [7, 11) is -9.73. The SMILES string of the molecule is CC(C)OC(=O)OCOP(=O)(OCOC(=O)OC(C)C)OC[C@@]1(CF)O[C@@H](n2cnc3c(N)ncnc32)[C@](C)(O)[C@@H]1O.[3H]CCNc1ncnc2c1ncn2[C@@H]1O[C@](F)(CO)[C@H]2OC3(CCCC3)O[C@@]12C.[3H]CCNc1ncnc2c1ncn2[C@@H]1O[C@](F)(COP(=O)(OCOC(=O)OC(C)C)OCOC(=O)OC(C)C)[C@H]2OC3(CCCC3)O[C@@]12C. The summed E-state index contributed by atoms with van der Waals surface area (Å²) in [5.74, 6) is -6.33. The Morgan fingerprint density at radius 3 is 1.30 bits per heavy atom. The number of fused-ring (bicyclic) bond motifs is 5. The third-order valence-corrected chi connectivity index (χ3v) is 21.8. The van der Waals surface area contributed by atoms with Gasteiger partial charge in [0.2, 0.25) is 27.2 Å². The Labute approximate surface area is 674 Å². The maximum atomic E-state index is 17.3. The van der Waals surface area contributed by atoms with Gasteiger partial charge >= 0.3 is 40.3 Å². The lowest BCUT2D eigenvalue weighted by atomic mass is 9.88. The molecule has 7 fully saturated rings. The van der Waals surface area contributed by atoms with Crippen molar-refractivity contribution in [3.63, 3.8) is 0 Å². The molecular formula is C68H98F3N15O30P2. The average Bonchev–Trinajstić information content (AvgIpc) is 1.54. The Kier molecular flexibility index (Phi) is 27.1. The highest BCUT2D eigenvalue weighted by Gasteiger charge is 2.75. The average molecular weight is 1730 g/mol. The van der Waals surface area contributed by atoms with E-state index in [4.69, 9.17) is 97.2 Å². The van der Waals surface area contributed by atoms with Crippen molar-refractivity contribution in [3.8, 4) is 0 Å². The number of phosphoric ester groups is 2. The van der Waals surface area contributed by atoms with E-state index in [1.54, 1.807) is 73.8 Å². The number of aromatic nitrogens is 12. The number of ether oxygens (including phenoxy) is 15. The van der Waals surface area contributed by atoms with E-state index in [-0.39, 0.29) is 36.4 Å². The molecule has 45 nitrogen and oxygen atoms in total. The van der Waals surface area contributed by atoms with E-state index in [1.807, 2.05) is 0 Å². The number of aliphatic hydroxyl groups is 3. The normalized spacial score (nSPS) is 28.2. The summed E-state index contributed by atoms with van der Waals surface area (Å²) in [6, 6.07) is 0. The van der Waals surface area contributed by atoms with Crippen molar-refractivity contribution in [2.75, 3.05) is 83.1 Å². The van der Waals surface area contributed by atoms with Crippen LogP contribution in [-0.4, -0.2) is 254 Å². The summed E-state index contributed by atoms with van der Waals surface area (Å²) in [4.78, 5) is 84.7. The van der Waals surface area contributed by atoms with Crippen molar-refractivity contribution in [3.05, 3.63) is 38.0 Å². The molecule has 2 saturated carbocycles. The summed E-state index contributed by atoms with van der Waals surface area (Å²) in [5, 5.41) is 38.0. The first-order chi connectivity index (χ1) is 56.8. The fourth-order valence-corrected chi connectivity index (χ4v) is 16.1. The zero-order valence-corrected chi connectivity index (χ0v) is 68.0. The van der Waals surface area contributed by atoms with Crippen molar-refractivity contribution >= 4 is 91.2 Å². The fourth-order valence-electron chi connectivity index (χ4n) is 14.2. The van der Waals surface area contributed by atoms with E-state index in [0.29, 0.717) is 67.1 Å². The smallest absolute Gasteiger partial charge is 0.432 e. The summed E-state index contributed by atoms with van der Waals surface area (Å²) in [6.07, 6.45) is -1.30. The number of rotatable bonds is 31. The maximum absolute atomic E-state index is 17.3. The zero-order chi connectivity index (χ0) is 87.0. The van der Waals surface area contributed by atoms with Crippen LogP contribution in [0.2, 0.25) is 0 Å². The minimum absolute atomic E-state index is 0.0197. The number of phosphoric acid groups is 2. The van der Waals surface area contributed by atoms with Gasteiger partial charge in [-0.3, -0.25) is 22.7 Å². The largest absolute Gasteiger partial charge is 0.510 e. The Balaban J connectivity index is 0.000000181. The molecule has 5 aliphatic heterocycles. The number of imidazole rings is 3. The monoisotopic (exact) mass is 1730 g/mol. The van der Waals surface area contributed by atoms with E-state index in [0.717, 1.165) is 38.9 Å². The molecule has 7 N–H and O–H groups in total. The van der Waals surface area contributed by atoms with Crippen molar-refractivity contribution in [2.45, 2.75) is 248 Å². The van der Waals surface area contributed by atoms with Crippen molar-refractivity contribution in [1.29, 1.82) is 0 Å². The van der Waals surface area contributed by atoms with E-state index in [1.165, 1.54) is 40.8 Å². The fraction of sp³-hybridized carbons (Fsp3) is 0.721. The number of nitrogen functional groups attached to an aromatic ring is 1. The number of hydrogen-bond acceptors (Lipinski definition) is 42. The molecule has 5 saturated heterocycles. The van der Waals surface area contributed by atoms with Crippen LogP contribution in [0.4, 0.5) is 49.8 Å². The highest BCUT2D eigenvalue weighted by atomic mass is 31.2. The second kappa shape index (κ2) is 36.6. The van der Waals surface area contributed by atoms with Crippen molar-refractivity contribution in [1.82, 2.24) is 58.6 Å². The van der Waals surface area contributed by atoms with Gasteiger partial charge in [-0.05, 0) is 116 Å². The van der Waals surface area contributed by atoms with Gasteiger partial charge in [-0.15, -0.1) is 0 Å². The number of halogens is 3. The van der Waals surface area contributed by atoms with E-state index in [2.05, 4.69) is 65.0 Å². The topological polar surface area (TPSA) is 538 Å². The molecule has 656 valence electrons. The van der Waals surface area contributed by atoms with E-state index >= 15 is 8.78 Å². The Bertz CT molecular complexity index is 4570. The van der Waals surface area contributed by atoms with Gasteiger partial charge in [0.1, 0.15) is 67.3 Å². The van der Waals surface area contributed by atoms with E-state index < -0.39 is 201 Å². The maximum Gasteiger partial charge on any atom is 0.510 e. The molecule has 12 atom stereocenters. The Morgan fingerprint density at radius 1 is 0.542 bits per heavy atom. The number of carbonyl (C=O) groups is 4. The lowest BCUT2D eigenvalue weighted by Gasteiger charge is -2.32. The number of alkyl halides is 3. The molecule has 6 aromatic heterocycles. The number of nitrogens with one attached hydrogen (secondary N) is 2. The molecular weight excluding hydrogens is 1630 g/mol. The molecule has 0 aromatic carbocycles. The van der Waals surface area contributed by atoms with Gasteiger partial charge in [-0.25, -0.2) is 104 Å². The molecule has 13 rings (SSSR count). The van der Waals surface area contributed by atoms with Gasteiger partial charge in [-0.1, -0.05) is 0 Å². The lowest BCUT2D eigenvalue weighted by Crippen LogP contribution is -2.53. The minimum Gasteiger partial charge on any atom is -0.432 e. The first-order valence-corrected chi connectivity index (χ1v) is 40.2. The van der Waals surface area contributed by atoms with Gasteiger partial charge in [0.15, 0.2) is 93.5 Å². The minimum atomic E-state index is -4.87. The molecule has 0 radical (unpaired) electrons. The van der Waals surface area contributed by atoms with Crippen LogP contribution >= 0.6 is 15.6 Å². The molecule has 6 aromatic rings. The third kappa shape index (κ3) is 19.4. The van der Waals surface area contributed by atoms with Crippen LogP contribution in [0, 0.1) is 0 Å². The molecule has 2 spiro atoms. The molecule has 0 unspecified atom stereocenters. The number of nitrogens with zero attached hydrogens (tertiary/aromatic N) is 12. The predicted octanol–water partition coefficient (Wildman–Crippen LogP) is 8.94.